The number of nitrogens with zero attached hydrogens (tertiary/aromatic N) is 2. The molecule has 1 unspecified atom stereocenters. The Morgan fingerprint density at radius 2 is 2.03 bits per heavy atom. The summed E-state index contributed by atoms with van der Waals surface area (Å²) in [4.78, 5) is 8.49. The van der Waals surface area contributed by atoms with Gasteiger partial charge in [-0.2, -0.15) is 9.97 Å². The lowest BCUT2D eigenvalue weighted by atomic mass is 9.93. The maximum absolute atomic E-state index is 11.2. The summed E-state index contributed by atoms with van der Waals surface area (Å²) in [7, 11) is 0. The van der Waals surface area contributed by atoms with Gasteiger partial charge in [0.05, 0.1) is 13.2 Å². The van der Waals surface area contributed by atoms with Crippen molar-refractivity contribution in [3.05, 3.63) is 35.9 Å². The molecule has 5 N–H and O–H groups in total. The summed E-state index contributed by atoms with van der Waals surface area (Å²) in [6, 6.07) is 9.15. The summed E-state index contributed by atoms with van der Waals surface area (Å²) in [5.41, 5.74) is 7.31. The molecule has 31 heavy (non-hydrogen) atoms. The van der Waals surface area contributed by atoms with E-state index in [1.807, 2.05) is 30.3 Å². The Balaban J connectivity index is 1.37. The van der Waals surface area contributed by atoms with E-state index in [1.54, 1.807) is 0 Å². The Kier molecular flexibility index (Phi) is 5.53. The van der Waals surface area contributed by atoms with Crippen molar-refractivity contribution in [2.45, 2.75) is 56.6 Å². The van der Waals surface area contributed by atoms with Gasteiger partial charge >= 0.3 is 0 Å². The van der Waals surface area contributed by atoms with Crippen LogP contribution in [0.3, 0.4) is 0 Å². The van der Waals surface area contributed by atoms with Crippen molar-refractivity contribution in [1.29, 1.82) is 0 Å². The predicted molar refractivity (Wildman–Crippen MR) is 113 cm³/mol. The van der Waals surface area contributed by atoms with Crippen molar-refractivity contribution in [2.24, 2.45) is 0 Å². The molecule has 0 spiro atoms. The summed E-state index contributed by atoms with van der Waals surface area (Å²) in [6.45, 7) is 2.90. The number of unbranched alkanes of at least 4 members (excludes halogenated alkanes) is 1. The van der Waals surface area contributed by atoms with E-state index in [0.29, 0.717) is 30.6 Å². The molecule has 0 radical (unpaired) electrons. The van der Waals surface area contributed by atoms with E-state index in [0.717, 1.165) is 18.4 Å². The number of hydrogen-bond acceptors (Lipinski definition) is 10. The van der Waals surface area contributed by atoms with Crippen LogP contribution in [0.2, 0.25) is 0 Å². The molecule has 2 fully saturated rings. The molecule has 1 aromatic carbocycles. The molecule has 5 rings (SSSR count). The van der Waals surface area contributed by atoms with Crippen LogP contribution in [0.5, 0.6) is 5.88 Å². The molecule has 0 amide bonds. The molecule has 10 heteroatoms. The highest BCUT2D eigenvalue weighted by Gasteiger charge is 2.51. The van der Waals surface area contributed by atoms with E-state index in [9.17, 15) is 5.11 Å². The van der Waals surface area contributed by atoms with Crippen molar-refractivity contribution >= 4 is 17.5 Å². The molecule has 10 nitrogen and oxygen atoms in total. The Morgan fingerprint density at radius 1 is 1.19 bits per heavy atom. The Bertz CT molecular complexity index is 917. The van der Waals surface area contributed by atoms with E-state index >= 15 is 0 Å². The first-order valence-electron chi connectivity index (χ1n) is 10.6. The Hall–Kier alpha value is -2.66. The number of aromatic nitrogens is 2. The van der Waals surface area contributed by atoms with Crippen LogP contribution >= 0.6 is 0 Å². The molecular weight excluding hydrogens is 402 g/mol. The minimum absolute atomic E-state index is 0.0993. The molecule has 4 heterocycles. The van der Waals surface area contributed by atoms with Gasteiger partial charge in [-0.1, -0.05) is 43.7 Å². The number of hydrogen-bond donors (Lipinski definition) is 4. The lowest BCUT2D eigenvalue weighted by Crippen LogP contribution is -2.66. The van der Waals surface area contributed by atoms with Crippen LogP contribution in [0, 0.1) is 0 Å². The maximum Gasteiger partial charge on any atom is 0.244 e. The molecule has 2 aromatic rings. The van der Waals surface area contributed by atoms with Crippen molar-refractivity contribution in [1.82, 2.24) is 9.97 Å². The van der Waals surface area contributed by atoms with Crippen LogP contribution in [0.1, 0.15) is 31.6 Å². The van der Waals surface area contributed by atoms with Crippen molar-refractivity contribution in [3.8, 4) is 5.88 Å². The first-order chi connectivity index (χ1) is 15.1. The van der Waals surface area contributed by atoms with Crippen LogP contribution in [0.4, 0.5) is 17.5 Å². The number of ether oxygens (including phenoxy) is 4. The fraction of sp³-hybridized carbons (Fsp3) is 0.524. The number of nitrogens with two attached hydrogens (primary N) is 1. The van der Waals surface area contributed by atoms with Gasteiger partial charge in [0.15, 0.2) is 18.3 Å². The standard InChI is InChI=1S/C21H27N5O5/c1-2-3-9-28-18-14-17(25-21(22)26-18)24-19-13(23-14)15(27)16-12(30-19)10-29-20(31-16)11-7-5-4-6-8-11/h4-8,12-13,15-16,19-20,23,27H,2-3,9-10H2,1H3,(H3,22,24,25,26)/t12-,13+,15+,16+,19-,20?/m1/s1. The smallest absolute Gasteiger partial charge is 0.244 e. The van der Waals surface area contributed by atoms with E-state index in [2.05, 4.69) is 27.5 Å². The van der Waals surface area contributed by atoms with E-state index in [4.69, 9.17) is 24.7 Å². The summed E-state index contributed by atoms with van der Waals surface area (Å²) in [5, 5.41) is 17.7. The number of aliphatic hydroxyl groups excluding tert-OH is 1. The molecule has 166 valence electrons. The fourth-order valence-electron chi connectivity index (χ4n) is 4.10. The number of nitrogen functional groups attached to an aromatic ring is 1. The second kappa shape index (κ2) is 8.46. The topological polar surface area (TPSA) is 133 Å². The highest BCUT2D eigenvalue weighted by atomic mass is 16.7. The van der Waals surface area contributed by atoms with Gasteiger partial charge in [-0.15, -0.1) is 0 Å². The number of nitrogens with one attached hydrogen (secondary N) is 2. The van der Waals surface area contributed by atoms with Crippen LogP contribution in [0.15, 0.2) is 30.3 Å². The largest absolute Gasteiger partial charge is 0.476 e. The fourth-order valence-corrected chi connectivity index (χ4v) is 4.10. The summed E-state index contributed by atoms with van der Waals surface area (Å²) in [5.74, 6) is 0.930. The second-order valence-corrected chi connectivity index (χ2v) is 7.89. The summed E-state index contributed by atoms with van der Waals surface area (Å²) >= 11 is 0. The molecule has 6 atom stereocenters. The van der Waals surface area contributed by atoms with Gasteiger partial charge in [0.2, 0.25) is 11.8 Å². The van der Waals surface area contributed by atoms with Gasteiger partial charge in [-0.25, -0.2) is 0 Å². The third-order valence-corrected chi connectivity index (χ3v) is 5.70. The molecule has 0 saturated carbocycles. The van der Waals surface area contributed by atoms with Crippen LogP contribution in [-0.2, 0) is 14.2 Å². The van der Waals surface area contributed by atoms with Crippen molar-refractivity contribution in [2.75, 3.05) is 29.6 Å². The zero-order valence-electron chi connectivity index (χ0n) is 17.2. The van der Waals surface area contributed by atoms with E-state index < -0.39 is 36.9 Å². The third-order valence-electron chi connectivity index (χ3n) is 5.70. The van der Waals surface area contributed by atoms with Gasteiger partial charge in [-0.05, 0) is 6.42 Å². The average molecular weight is 429 g/mol. The zero-order chi connectivity index (χ0) is 21.4. The normalized spacial score (nSPS) is 31.4. The second-order valence-electron chi connectivity index (χ2n) is 7.89. The monoisotopic (exact) mass is 429 g/mol. The number of rotatable bonds is 5. The van der Waals surface area contributed by atoms with Gasteiger partial charge in [0.1, 0.15) is 30.0 Å². The SMILES string of the molecule is CCCCOc1nc(N)nc2c1N[C@H]1[C@H](O)[C@H]3OC(c4ccccc4)OC[C@H]3O[C@H]1N2. The summed E-state index contributed by atoms with van der Waals surface area (Å²) < 4.78 is 23.9. The number of fused-ring (bicyclic) bond motifs is 3. The Labute approximate surface area is 180 Å². The van der Waals surface area contributed by atoms with Crippen molar-refractivity contribution < 1.29 is 24.1 Å². The lowest BCUT2D eigenvalue weighted by molar-refractivity contribution is -0.309. The first-order valence-corrected chi connectivity index (χ1v) is 10.6. The molecule has 0 aliphatic carbocycles. The third kappa shape index (κ3) is 3.87. The predicted octanol–water partition coefficient (Wildman–Crippen LogP) is 1.64. The Morgan fingerprint density at radius 3 is 2.84 bits per heavy atom. The maximum atomic E-state index is 11.2. The van der Waals surface area contributed by atoms with Gasteiger partial charge in [0, 0.05) is 5.56 Å². The van der Waals surface area contributed by atoms with E-state index in [1.165, 1.54) is 0 Å². The molecule has 1 aromatic heterocycles. The zero-order valence-corrected chi connectivity index (χ0v) is 17.2. The average Bonchev–Trinajstić information content (AvgIpc) is 2.79. The van der Waals surface area contributed by atoms with Gasteiger partial charge < -0.3 is 40.4 Å². The minimum atomic E-state index is -0.861. The quantitative estimate of drug-likeness (QED) is 0.520. The first kappa shape index (κ1) is 20.3. The summed E-state index contributed by atoms with van der Waals surface area (Å²) in [6.07, 6.45) is -1.06. The molecule has 3 aliphatic heterocycles. The highest BCUT2D eigenvalue weighted by Crippen LogP contribution is 2.41. The molecular formula is C21H27N5O5. The van der Waals surface area contributed by atoms with Crippen LogP contribution in [0.25, 0.3) is 0 Å². The number of anilines is 3. The number of aliphatic hydroxyl groups is 1. The van der Waals surface area contributed by atoms with E-state index in [-0.39, 0.29) is 5.95 Å². The van der Waals surface area contributed by atoms with Gasteiger partial charge in [-0.3, -0.25) is 0 Å². The van der Waals surface area contributed by atoms with Crippen LogP contribution < -0.4 is 21.1 Å². The minimum Gasteiger partial charge on any atom is -0.476 e. The van der Waals surface area contributed by atoms with Crippen LogP contribution in [-0.4, -0.2) is 58.9 Å². The van der Waals surface area contributed by atoms with Gasteiger partial charge in [0.25, 0.3) is 0 Å². The molecule has 2 saturated heterocycles. The van der Waals surface area contributed by atoms with Crippen molar-refractivity contribution in [3.63, 3.8) is 0 Å². The molecule has 0 bridgehead atoms. The highest BCUT2D eigenvalue weighted by molar-refractivity contribution is 5.74. The molecule has 3 aliphatic rings. The lowest BCUT2D eigenvalue weighted by Gasteiger charge is -2.50. The number of benzene rings is 1.